The number of ether oxygens (including phenoxy) is 3. The van der Waals surface area contributed by atoms with Crippen LogP contribution >= 0.6 is 0 Å². The quantitative estimate of drug-likeness (QED) is 0.265. The van der Waals surface area contributed by atoms with Crippen molar-refractivity contribution in [1.82, 2.24) is 20.3 Å². The van der Waals surface area contributed by atoms with Crippen molar-refractivity contribution in [3.05, 3.63) is 77.3 Å². The van der Waals surface area contributed by atoms with Gasteiger partial charge in [-0.05, 0) is 49.8 Å². The molecule has 0 fully saturated rings. The first-order valence-corrected chi connectivity index (χ1v) is 10.3. The average molecular weight is 462 g/mol. The number of hydrogen-bond donors (Lipinski definition) is 0. The number of pyridine rings is 1. The van der Waals surface area contributed by atoms with Gasteiger partial charge in [0, 0.05) is 24.0 Å². The fourth-order valence-corrected chi connectivity index (χ4v) is 3.04. The highest BCUT2D eigenvalue weighted by Gasteiger charge is 2.13. The van der Waals surface area contributed by atoms with Crippen molar-refractivity contribution < 1.29 is 28.1 Å². The molecule has 10 nitrogen and oxygen atoms in total. The predicted octanol–water partition coefficient (Wildman–Crippen LogP) is 4.08. The molecule has 0 aliphatic rings. The van der Waals surface area contributed by atoms with E-state index >= 15 is 0 Å². The molecule has 1 aromatic carbocycles. The molecule has 0 spiro atoms. The van der Waals surface area contributed by atoms with E-state index < -0.39 is 5.97 Å². The number of aryl methyl sites for hydroxylation is 2. The molecule has 0 atom stereocenters. The largest absolute Gasteiger partial charge is 0.493 e. The van der Waals surface area contributed by atoms with Crippen LogP contribution in [0.25, 0.3) is 17.5 Å². The average Bonchev–Trinajstić information content (AvgIpc) is 3.47. The molecule has 0 N–H and O–H groups in total. The molecule has 0 bridgehead atoms. The lowest BCUT2D eigenvalue weighted by Crippen LogP contribution is -2.01. The highest BCUT2D eigenvalue weighted by molar-refractivity contribution is 5.87. The van der Waals surface area contributed by atoms with E-state index in [-0.39, 0.29) is 12.5 Å². The Labute approximate surface area is 195 Å². The van der Waals surface area contributed by atoms with E-state index in [0.717, 1.165) is 16.8 Å². The summed E-state index contributed by atoms with van der Waals surface area (Å²) in [6.45, 7) is 3.85. The van der Waals surface area contributed by atoms with Gasteiger partial charge in [-0.15, -0.1) is 0 Å². The third kappa shape index (κ3) is 5.47. The fraction of sp³-hybridized carbons (Fsp3) is 0.208. The van der Waals surface area contributed by atoms with Crippen molar-refractivity contribution in [1.29, 1.82) is 0 Å². The third-order valence-electron chi connectivity index (χ3n) is 4.88. The Hall–Kier alpha value is -4.47. The molecular formula is C24H22N4O6. The zero-order valence-corrected chi connectivity index (χ0v) is 18.8. The van der Waals surface area contributed by atoms with Crippen LogP contribution in [-0.2, 0) is 22.7 Å². The fourth-order valence-electron chi connectivity index (χ4n) is 3.04. The molecule has 4 aromatic rings. The summed E-state index contributed by atoms with van der Waals surface area (Å²) in [7, 11) is 1.55. The summed E-state index contributed by atoms with van der Waals surface area (Å²) in [6, 6.07) is 8.89. The van der Waals surface area contributed by atoms with Gasteiger partial charge in [-0.1, -0.05) is 16.4 Å². The van der Waals surface area contributed by atoms with Crippen molar-refractivity contribution in [2.75, 3.05) is 7.11 Å². The van der Waals surface area contributed by atoms with Gasteiger partial charge in [0.25, 0.3) is 5.89 Å². The molecule has 3 heterocycles. The Morgan fingerprint density at radius 1 is 1.09 bits per heavy atom. The second-order valence-corrected chi connectivity index (χ2v) is 7.20. The van der Waals surface area contributed by atoms with E-state index in [9.17, 15) is 4.79 Å². The van der Waals surface area contributed by atoms with E-state index in [1.807, 2.05) is 13.8 Å². The van der Waals surface area contributed by atoms with E-state index in [1.54, 1.807) is 55.9 Å². The number of esters is 1. The van der Waals surface area contributed by atoms with Gasteiger partial charge in [0.2, 0.25) is 5.82 Å². The number of aromatic nitrogens is 4. The molecule has 0 aliphatic carbocycles. The molecule has 4 rings (SSSR count). The van der Waals surface area contributed by atoms with Crippen LogP contribution in [0.5, 0.6) is 11.5 Å². The van der Waals surface area contributed by atoms with Gasteiger partial charge >= 0.3 is 5.97 Å². The Bertz CT molecular complexity index is 1280. The first-order chi connectivity index (χ1) is 16.5. The molecular weight excluding hydrogens is 440 g/mol. The predicted molar refractivity (Wildman–Crippen MR) is 120 cm³/mol. The van der Waals surface area contributed by atoms with Gasteiger partial charge in [0.05, 0.1) is 18.4 Å². The lowest BCUT2D eigenvalue weighted by atomic mass is 10.2. The van der Waals surface area contributed by atoms with Crippen LogP contribution in [0.2, 0.25) is 0 Å². The SMILES string of the molecule is COc1cc(/C=C/C(=O)OCc2nc(-c3cccnc3)no2)ccc1OCc1c(C)noc1C. The summed E-state index contributed by atoms with van der Waals surface area (Å²) < 4.78 is 26.7. The van der Waals surface area contributed by atoms with Crippen LogP contribution in [0.3, 0.4) is 0 Å². The molecule has 0 saturated heterocycles. The van der Waals surface area contributed by atoms with Crippen LogP contribution < -0.4 is 9.47 Å². The summed E-state index contributed by atoms with van der Waals surface area (Å²) in [5, 5.41) is 7.78. The normalized spacial score (nSPS) is 11.0. The molecule has 0 unspecified atom stereocenters. The van der Waals surface area contributed by atoms with Gasteiger partial charge in [0.1, 0.15) is 12.4 Å². The van der Waals surface area contributed by atoms with E-state index in [1.165, 1.54) is 6.08 Å². The molecule has 34 heavy (non-hydrogen) atoms. The Kier molecular flexibility index (Phi) is 6.97. The zero-order valence-electron chi connectivity index (χ0n) is 18.8. The second-order valence-electron chi connectivity index (χ2n) is 7.20. The van der Waals surface area contributed by atoms with Gasteiger partial charge in [-0.2, -0.15) is 4.98 Å². The van der Waals surface area contributed by atoms with Crippen molar-refractivity contribution >= 4 is 12.0 Å². The maximum absolute atomic E-state index is 12.1. The minimum Gasteiger partial charge on any atom is -0.493 e. The maximum atomic E-state index is 12.1. The number of benzene rings is 1. The minimum atomic E-state index is -0.557. The van der Waals surface area contributed by atoms with Crippen LogP contribution in [0.4, 0.5) is 0 Å². The number of hydrogen-bond acceptors (Lipinski definition) is 10. The first kappa shape index (κ1) is 22.7. The number of nitrogens with zero attached hydrogens (tertiary/aromatic N) is 4. The number of methoxy groups -OCH3 is 1. The Morgan fingerprint density at radius 3 is 2.71 bits per heavy atom. The topological polar surface area (TPSA) is 123 Å². The molecule has 0 amide bonds. The maximum Gasteiger partial charge on any atom is 0.331 e. The Balaban J connectivity index is 1.33. The molecule has 0 aliphatic heterocycles. The van der Waals surface area contributed by atoms with Crippen molar-refractivity contribution in [3.8, 4) is 22.9 Å². The minimum absolute atomic E-state index is 0.145. The summed E-state index contributed by atoms with van der Waals surface area (Å²) in [4.78, 5) is 20.3. The standard InChI is InChI=1S/C24H22N4O6/c1-15-19(16(2)33-27-15)13-31-20-8-6-17(11-21(20)30-3)7-9-23(29)32-14-22-26-24(28-34-22)18-5-4-10-25-12-18/h4-12H,13-14H2,1-3H3/b9-7+. The third-order valence-corrected chi connectivity index (χ3v) is 4.88. The second kappa shape index (κ2) is 10.4. The van der Waals surface area contributed by atoms with Crippen molar-refractivity contribution in [2.45, 2.75) is 27.1 Å². The summed E-state index contributed by atoms with van der Waals surface area (Å²) in [5.41, 5.74) is 3.11. The zero-order chi connectivity index (χ0) is 23.9. The van der Waals surface area contributed by atoms with Gasteiger partial charge in [-0.25, -0.2) is 4.79 Å². The van der Waals surface area contributed by atoms with Crippen LogP contribution in [-0.4, -0.2) is 33.4 Å². The van der Waals surface area contributed by atoms with Gasteiger partial charge in [-0.3, -0.25) is 4.98 Å². The summed E-state index contributed by atoms with van der Waals surface area (Å²) in [6.07, 6.45) is 6.18. The van der Waals surface area contributed by atoms with Gasteiger partial charge in [0.15, 0.2) is 18.1 Å². The molecule has 3 aromatic heterocycles. The van der Waals surface area contributed by atoms with Crippen LogP contribution in [0.1, 0.15) is 28.5 Å². The highest BCUT2D eigenvalue weighted by atomic mass is 16.6. The smallest absolute Gasteiger partial charge is 0.331 e. The van der Waals surface area contributed by atoms with E-state index in [4.69, 9.17) is 23.3 Å². The Morgan fingerprint density at radius 2 is 1.97 bits per heavy atom. The molecule has 0 saturated carbocycles. The highest BCUT2D eigenvalue weighted by Crippen LogP contribution is 2.30. The lowest BCUT2D eigenvalue weighted by molar-refractivity contribution is -0.139. The van der Waals surface area contributed by atoms with Crippen LogP contribution in [0.15, 0.2) is 57.8 Å². The molecule has 10 heteroatoms. The summed E-state index contributed by atoms with van der Waals surface area (Å²) in [5.74, 6) is 1.79. The number of rotatable bonds is 9. The summed E-state index contributed by atoms with van der Waals surface area (Å²) >= 11 is 0. The van der Waals surface area contributed by atoms with Crippen LogP contribution in [0, 0.1) is 13.8 Å². The lowest BCUT2D eigenvalue weighted by Gasteiger charge is -2.11. The molecule has 0 radical (unpaired) electrons. The number of carbonyl (C=O) groups is 1. The molecule has 174 valence electrons. The first-order valence-electron chi connectivity index (χ1n) is 10.3. The monoisotopic (exact) mass is 462 g/mol. The number of carbonyl (C=O) groups excluding carboxylic acids is 1. The van der Waals surface area contributed by atoms with Gasteiger partial charge < -0.3 is 23.3 Å². The van der Waals surface area contributed by atoms with Crippen molar-refractivity contribution in [2.24, 2.45) is 0 Å². The van der Waals surface area contributed by atoms with E-state index in [2.05, 4.69) is 20.3 Å². The van der Waals surface area contributed by atoms with Crippen molar-refractivity contribution in [3.63, 3.8) is 0 Å². The van der Waals surface area contributed by atoms with E-state index in [0.29, 0.717) is 35.3 Å².